The molecule has 0 N–H and O–H groups in total. The summed E-state index contributed by atoms with van der Waals surface area (Å²) in [6.07, 6.45) is 0. The molecular weight excluding hydrogens is 283 g/mol. The van der Waals surface area contributed by atoms with Crippen molar-refractivity contribution in [3.63, 3.8) is 0 Å². The van der Waals surface area contributed by atoms with Crippen molar-refractivity contribution in [2.45, 2.75) is 0 Å². The second-order valence-electron chi connectivity index (χ2n) is 3.58. The second kappa shape index (κ2) is 5.63. The molecule has 0 aliphatic rings. The monoisotopic (exact) mass is 288 g/mol. The Morgan fingerprint density at radius 1 is 0.947 bits per heavy atom. The highest BCUT2D eigenvalue weighted by atomic mass is 35.5. The van der Waals surface area contributed by atoms with Gasteiger partial charge >= 0.3 is 0 Å². The molecule has 0 aliphatic heterocycles. The molecule has 0 atom stereocenters. The molecule has 2 rings (SSSR count). The van der Waals surface area contributed by atoms with Gasteiger partial charge in [0.25, 0.3) is 0 Å². The van der Waals surface area contributed by atoms with Crippen LogP contribution in [0.3, 0.4) is 0 Å². The van der Waals surface area contributed by atoms with Crippen LogP contribution in [0, 0.1) is 22.7 Å². The van der Waals surface area contributed by atoms with Gasteiger partial charge in [0.05, 0.1) is 10.6 Å². The third-order valence-corrected chi connectivity index (χ3v) is 2.92. The zero-order chi connectivity index (χ0) is 13.8. The van der Waals surface area contributed by atoms with Crippen molar-refractivity contribution < 1.29 is 4.74 Å². The van der Waals surface area contributed by atoms with Crippen molar-refractivity contribution in [1.82, 2.24) is 0 Å². The van der Waals surface area contributed by atoms with Crippen LogP contribution < -0.4 is 4.74 Å². The van der Waals surface area contributed by atoms with Crippen LogP contribution in [0.4, 0.5) is 0 Å². The summed E-state index contributed by atoms with van der Waals surface area (Å²) in [6, 6.07) is 13.4. The number of halogens is 2. The van der Waals surface area contributed by atoms with Crippen molar-refractivity contribution in [3.05, 3.63) is 57.6 Å². The molecule has 0 heterocycles. The molecule has 0 saturated heterocycles. The van der Waals surface area contributed by atoms with Crippen LogP contribution in [0.1, 0.15) is 11.1 Å². The molecular formula is C14H6Cl2N2O. The first-order chi connectivity index (χ1) is 9.15. The average molecular weight is 289 g/mol. The fourth-order valence-corrected chi connectivity index (χ4v) is 1.82. The van der Waals surface area contributed by atoms with Crippen molar-refractivity contribution in [3.8, 4) is 23.6 Å². The molecule has 0 amide bonds. The first kappa shape index (κ1) is 13.2. The van der Waals surface area contributed by atoms with E-state index in [0.717, 1.165) is 0 Å². The highest BCUT2D eigenvalue weighted by molar-refractivity contribution is 6.34. The standard InChI is InChI=1S/C14H6Cl2N2O/c15-10-4-5-12(16)14(6-10)19-13-3-1-2-9(7-17)11(13)8-18/h1-6H. The van der Waals surface area contributed by atoms with E-state index >= 15 is 0 Å². The van der Waals surface area contributed by atoms with E-state index in [4.69, 9.17) is 38.5 Å². The average Bonchev–Trinajstić information content (AvgIpc) is 2.42. The fourth-order valence-electron chi connectivity index (χ4n) is 1.50. The summed E-state index contributed by atoms with van der Waals surface area (Å²) in [5, 5.41) is 18.9. The number of nitriles is 2. The second-order valence-corrected chi connectivity index (χ2v) is 4.42. The van der Waals surface area contributed by atoms with Crippen LogP contribution in [-0.4, -0.2) is 0 Å². The summed E-state index contributed by atoms with van der Waals surface area (Å²) in [7, 11) is 0. The molecule has 5 heteroatoms. The van der Waals surface area contributed by atoms with Gasteiger partial charge in [-0.25, -0.2) is 0 Å². The lowest BCUT2D eigenvalue weighted by Crippen LogP contribution is -1.92. The van der Waals surface area contributed by atoms with Gasteiger partial charge < -0.3 is 4.74 Å². The fraction of sp³-hybridized carbons (Fsp3) is 0. The molecule has 2 aromatic rings. The van der Waals surface area contributed by atoms with Gasteiger partial charge in [-0.3, -0.25) is 0 Å². The number of ether oxygens (including phenoxy) is 1. The molecule has 0 aromatic heterocycles. The molecule has 0 spiro atoms. The number of rotatable bonds is 2. The molecule has 0 aliphatic carbocycles. The van der Waals surface area contributed by atoms with Crippen LogP contribution in [0.2, 0.25) is 10.0 Å². The highest BCUT2D eigenvalue weighted by Crippen LogP contribution is 2.33. The molecule has 19 heavy (non-hydrogen) atoms. The number of benzene rings is 2. The van der Waals surface area contributed by atoms with Crippen LogP contribution in [0.5, 0.6) is 11.5 Å². The Bertz CT molecular complexity index is 714. The van der Waals surface area contributed by atoms with Gasteiger partial charge in [-0.05, 0) is 24.3 Å². The topological polar surface area (TPSA) is 56.8 Å². The van der Waals surface area contributed by atoms with Crippen molar-refractivity contribution in [2.75, 3.05) is 0 Å². The Morgan fingerprint density at radius 2 is 1.74 bits per heavy atom. The SMILES string of the molecule is N#Cc1cccc(Oc2cc(Cl)ccc2Cl)c1C#N. The van der Waals surface area contributed by atoms with Gasteiger partial charge in [0, 0.05) is 11.1 Å². The van der Waals surface area contributed by atoms with E-state index in [2.05, 4.69) is 0 Å². The Kier molecular flexibility index (Phi) is 3.92. The normalized spacial score (nSPS) is 9.47. The predicted octanol–water partition coefficient (Wildman–Crippen LogP) is 4.53. The number of nitrogens with zero attached hydrogens (tertiary/aromatic N) is 2. The maximum atomic E-state index is 9.09. The minimum Gasteiger partial charge on any atom is -0.454 e. The maximum absolute atomic E-state index is 9.09. The van der Waals surface area contributed by atoms with Gasteiger partial charge in [-0.15, -0.1) is 0 Å². The Morgan fingerprint density at radius 3 is 2.42 bits per heavy atom. The number of hydrogen-bond acceptors (Lipinski definition) is 3. The van der Waals surface area contributed by atoms with E-state index in [0.29, 0.717) is 15.8 Å². The quantitative estimate of drug-likeness (QED) is 0.816. The Hall–Kier alpha value is -2.20. The summed E-state index contributed by atoms with van der Waals surface area (Å²) in [5.41, 5.74) is 0.416. The molecule has 0 radical (unpaired) electrons. The van der Waals surface area contributed by atoms with Gasteiger partial charge in [-0.1, -0.05) is 29.3 Å². The van der Waals surface area contributed by atoms with Gasteiger partial charge in [0.1, 0.15) is 29.2 Å². The minimum atomic E-state index is 0.168. The Balaban J connectivity index is 2.48. The molecule has 92 valence electrons. The number of hydrogen-bond donors (Lipinski definition) is 0. The highest BCUT2D eigenvalue weighted by Gasteiger charge is 2.11. The molecule has 0 saturated carbocycles. The van der Waals surface area contributed by atoms with Crippen molar-refractivity contribution >= 4 is 23.2 Å². The smallest absolute Gasteiger partial charge is 0.147 e. The lowest BCUT2D eigenvalue weighted by Gasteiger charge is -2.09. The third-order valence-electron chi connectivity index (χ3n) is 2.37. The van der Waals surface area contributed by atoms with E-state index in [1.807, 2.05) is 12.1 Å². The van der Waals surface area contributed by atoms with Crippen LogP contribution in [0.25, 0.3) is 0 Å². The van der Waals surface area contributed by atoms with Gasteiger partial charge in [0.2, 0.25) is 0 Å². The Labute approximate surface area is 120 Å². The molecule has 2 aromatic carbocycles. The minimum absolute atomic E-state index is 0.168. The molecule has 0 unspecified atom stereocenters. The summed E-state index contributed by atoms with van der Waals surface area (Å²) < 4.78 is 5.56. The third kappa shape index (κ3) is 2.80. The van der Waals surface area contributed by atoms with Gasteiger partial charge in [-0.2, -0.15) is 10.5 Å². The maximum Gasteiger partial charge on any atom is 0.147 e. The molecule has 3 nitrogen and oxygen atoms in total. The zero-order valence-corrected chi connectivity index (χ0v) is 11.0. The van der Waals surface area contributed by atoms with Gasteiger partial charge in [0.15, 0.2) is 0 Å². The summed E-state index contributed by atoms with van der Waals surface area (Å²) in [6.45, 7) is 0. The summed E-state index contributed by atoms with van der Waals surface area (Å²) in [4.78, 5) is 0. The van der Waals surface area contributed by atoms with Crippen LogP contribution >= 0.6 is 23.2 Å². The zero-order valence-electron chi connectivity index (χ0n) is 9.52. The van der Waals surface area contributed by atoms with Crippen LogP contribution in [0.15, 0.2) is 36.4 Å². The van der Waals surface area contributed by atoms with E-state index in [9.17, 15) is 0 Å². The lowest BCUT2D eigenvalue weighted by molar-refractivity contribution is 0.481. The summed E-state index contributed by atoms with van der Waals surface area (Å²) in [5.74, 6) is 0.603. The lowest BCUT2D eigenvalue weighted by atomic mass is 10.1. The van der Waals surface area contributed by atoms with E-state index in [1.54, 1.807) is 36.4 Å². The van der Waals surface area contributed by atoms with E-state index in [-0.39, 0.29) is 16.9 Å². The first-order valence-electron chi connectivity index (χ1n) is 5.22. The largest absolute Gasteiger partial charge is 0.454 e. The molecule has 0 bridgehead atoms. The molecule has 0 fully saturated rings. The van der Waals surface area contributed by atoms with Crippen LogP contribution in [-0.2, 0) is 0 Å². The van der Waals surface area contributed by atoms with Crippen molar-refractivity contribution in [1.29, 1.82) is 10.5 Å². The summed E-state index contributed by atoms with van der Waals surface area (Å²) >= 11 is 11.8. The van der Waals surface area contributed by atoms with E-state index in [1.165, 1.54) is 0 Å². The van der Waals surface area contributed by atoms with E-state index < -0.39 is 0 Å². The first-order valence-corrected chi connectivity index (χ1v) is 5.97. The van der Waals surface area contributed by atoms with Crippen molar-refractivity contribution in [2.24, 2.45) is 0 Å². The predicted molar refractivity (Wildman–Crippen MR) is 72.4 cm³/mol.